The molecule has 0 amide bonds. The number of nitriles is 1. The van der Waals surface area contributed by atoms with Gasteiger partial charge in [0.15, 0.2) is 5.92 Å². The van der Waals surface area contributed by atoms with Crippen molar-refractivity contribution in [3.63, 3.8) is 0 Å². The number of nitrogens with zero attached hydrogens (tertiary/aromatic N) is 1. The maximum absolute atomic E-state index is 12.3. The Morgan fingerprint density at radius 2 is 1.89 bits per heavy atom. The van der Waals surface area contributed by atoms with Crippen molar-refractivity contribution in [1.82, 2.24) is 5.32 Å². The van der Waals surface area contributed by atoms with Gasteiger partial charge in [0.05, 0.1) is 6.07 Å². The predicted molar refractivity (Wildman–Crippen MR) is 63.0 cm³/mol. The van der Waals surface area contributed by atoms with Crippen molar-refractivity contribution in [3.8, 4) is 6.07 Å². The summed E-state index contributed by atoms with van der Waals surface area (Å²) in [5.41, 5.74) is 0.818. The Labute approximate surface area is 108 Å². The molecule has 0 saturated carbocycles. The predicted octanol–water partition coefficient (Wildman–Crippen LogP) is 3.69. The summed E-state index contributed by atoms with van der Waals surface area (Å²) in [5, 5.41) is 11.7. The van der Waals surface area contributed by atoms with E-state index in [-0.39, 0.29) is 6.04 Å². The highest BCUT2D eigenvalue weighted by molar-refractivity contribution is 6.30. The van der Waals surface area contributed by atoms with Crippen LogP contribution in [-0.2, 0) is 0 Å². The van der Waals surface area contributed by atoms with Gasteiger partial charge in [0.1, 0.15) is 0 Å². The molecule has 0 aromatic heterocycles. The summed E-state index contributed by atoms with van der Waals surface area (Å²) in [6.45, 7) is 1.30. The van der Waals surface area contributed by atoms with Gasteiger partial charge >= 0.3 is 6.18 Å². The molecular weight excluding hydrogens is 265 g/mol. The lowest BCUT2D eigenvalue weighted by Crippen LogP contribution is -2.33. The smallest absolute Gasteiger partial charge is 0.309 e. The summed E-state index contributed by atoms with van der Waals surface area (Å²) in [7, 11) is 0. The van der Waals surface area contributed by atoms with E-state index in [2.05, 4.69) is 5.32 Å². The number of benzene rings is 1. The van der Waals surface area contributed by atoms with E-state index in [1.807, 2.05) is 0 Å². The zero-order valence-corrected chi connectivity index (χ0v) is 10.4. The maximum atomic E-state index is 12.3. The lowest BCUT2D eigenvalue weighted by molar-refractivity contribution is -0.157. The molecule has 0 saturated heterocycles. The fourth-order valence-corrected chi connectivity index (χ4v) is 1.52. The van der Waals surface area contributed by atoms with Gasteiger partial charge in [-0.15, -0.1) is 0 Å². The first-order chi connectivity index (χ1) is 8.34. The molecule has 1 aromatic carbocycles. The topological polar surface area (TPSA) is 35.8 Å². The van der Waals surface area contributed by atoms with Gasteiger partial charge in [0.25, 0.3) is 0 Å². The summed E-state index contributed by atoms with van der Waals surface area (Å²) >= 11 is 5.71. The van der Waals surface area contributed by atoms with Crippen LogP contribution < -0.4 is 5.32 Å². The summed E-state index contributed by atoms with van der Waals surface area (Å²) in [6, 6.07) is 7.77. The maximum Gasteiger partial charge on any atom is 0.405 e. The highest BCUT2D eigenvalue weighted by atomic mass is 35.5. The van der Waals surface area contributed by atoms with E-state index in [4.69, 9.17) is 16.9 Å². The van der Waals surface area contributed by atoms with Crippen molar-refractivity contribution in [2.45, 2.75) is 19.1 Å². The van der Waals surface area contributed by atoms with Crippen molar-refractivity contribution in [2.24, 2.45) is 5.92 Å². The van der Waals surface area contributed by atoms with Crippen LogP contribution in [0.25, 0.3) is 0 Å². The molecule has 2 atom stereocenters. The van der Waals surface area contributed by atoms with E-state index in [0.717, 1.165) is 5.56 Å². The zero-order valence-electron chi connectivity index (χ0n) is 9.63. The quantitative estimate of drug-likeness (QED) is 0.910. The number of halogens is 4. The molecule has 0 aliphatic heterocycles. The van der Waals surface area contributed by atoms with E-state index in [1.165, 1.54) is 6.07 Å². The third-order valence-corrected chi connectivity index (χ3v) is 2.80. The highest BCUT2D eigenvalue weighted by Gasteiger charge is 2.39. The SMILES string of the molecule is C[C@H](NCC(C#N)C(F)(F)F)c1ccc(Cl)cc1. The molecular formula is C12H12ClF3N2. The van der Waals surface area contributed by atoms with Gasteiger partial charge < -0.3 is 5.32 Å². The largest absolute Gasteiger partial charge is 0.405 e. The fraction of sp³-hybridized carbons (Fsp3) is 0.417. The van der Waals surface area contributed by atoms with Crippen molar-refractivity contribution in [1.29, 1.82) is 5.26 Å². The first-order valence-corrected chi connectivity index (χ1v) is 5.67. The second kappa shape index (κ2) is 6.07. The van der Waals surface area contributed by atoms with E-state index in [1.54, 1.807) is 31.2 Å². The summed E-state index contributed by atoms with van der Waals surface area (Å²) < 4.78 is 37.0. The molecule has 1 rings (SSSR count). The van der Waals surface area contributed by atoms with Gasteiger partial charge in [0, 0.05) is 17.6 Å². The van der Waals surface area contributed by atoms with Crippen LogP contribution in [0.3, 0.4) is 0 Å². The number of hydrogen-bond acceptors (Lipinski definition) is 2. The number of rotatable bonds is 4. The van der Waals surface area contributed by atoms with Crippen molar-refractivity contribution in [3.05, 3.63) is 34.9 Å². The van der Waals surface area contributed by atoms with Crippen LogP contribution >= 0.6 is 11.6 Å². The van der Waals surface area contributed by atoms with Gasteiger partial charge in [-0.2, -0.15) is 18.4 Å². The van der Waals surface area contributed by atoms with E-state index in [9.17, 15) is 13.2 Å². The van der Waals surface area contributed by atoms with Gasteiger partial charge in [-0.25, -0.2) is 0 Å². The monoisotopic (exact) mass is 276 g/mol. The molecule has 0 heterocycles. The summed E-state index contributed by atoms with van der Waals surface area (Å²) in [4.78, 5) is 0. The Morgan fingerprint density at radius 1 is 1.33 bits per heavy atom. The van der Waals surface area contributed by atoms with E-state index < -0.39 is 18.6 Å². The van der Waals surface area contributed by atoms with Gasteiger partial charge in [-0.1, -0.05) is 23.7 Å². The molecule has 6 heteroatoms. The molecule has 1 unspecified atom stereocenters. The molecule has 0 spiro atoms. The Bertz CT molecular complexity index is 422. The molecule has 2 nitrogen and oxygen atoms in total. The number of alkyl halides is 3. The van der Waals surface area contributed by atoms with Crippen LogP contribution in [0.1, 0.15) is 18.5 Å². The third-order valence-electron chi connectivity index (χ3n) is 2.55. The second-order valence-electron chi connectivity index (χ2n) is 3.90. The molecule has 0 aliphatic rings. The summed E-state index contributed by atoms with van der Waals surface area (Å²) in [6.07, 6.45) is -4.50. The zero-order chi connectivity index (χ0) is 13.8. The molecule has 0 fully saturated rings. The average molecular weight is 277 g/mol. The molecule has 0 bridgehead atoms. The van der Waals surface area contributed by atoms with Gasteiger partial charge in [-0.3, -0.25) is 0 Å². The van der Waals surface area contributed by atoms with Crippen LogP contribution in [0.4, 0.5) is 13.2 Å². The van der Waals surface area contributed by atoms with Crippen LogP contribution in [0.2, 0.25) is 5.02 Å². The van der Waals surface area contributed by atoms with Crippen molar-refractivity contribution in [2.75, 3.05) is 6.54 Å². The van der Waals surface area contributed by atoms with Gasteiger partial charge in [0.2, 0.25) is 0 Å². The van der Waals surface area contributed by atoms with E-state index >= 15 is 0 Å². The van der Waals surface area contributed by atoms with Crippen molar-refractivity contribution < 1.29 is 13.2 Å². The Hall–Kier alpha value is -1.25. The molecule has 0 aliphatic carbocycles. The van der Waals surface area contributed by atoms with Crippen LogP contribution in [0.5, 0.6) is 0 Å². The summed E-state index contributed by atoms with van der Waals surface area (Å²) in [5.74, 6) is -1.99. The first-order valence-electron chi connectivity index (χ1n) is 5.29. The minimum atomic E-state index is -4.50. The molecule has 1 aromatic rings. The van der Waals surface area contributed by atoms with Crippen LogP contribution in [0.15, 0.2) is 24.3 Å². The standard InChI is InChI=1S/C12H12ClF3N2/c1-8(9-2-4-11(13)5-3-9)18-7-10(6-17)12(14,15)16/h2-5,8,10,18H,7H2,1H3/t8-,10?/m0/s1. The molecule has 18 heavy (non-hydrogen) atoms. The Kier molecular flexibility index (Phi) is 5.00. The highest BCUT2D eigenvalue weighted by Crippen LogP contribution is 2.25. The average Bonchev–Trinajstić information content (AvgIpc) is 2.28. The number of hydrogen-bond donors (Lipinski definition) is 1. The van der Waals surface area contributed by atoms with Gasteiger partial charge in [-0.05, 0) is 24.6 Å². The van der Waals surface area contributed by atoms with E-state index in [0.29, 0.717) is 5.02 Å². The molecule has 1 N–H and O–H groups in total. The lowest BCUT2D eigenvalue weighted by atomic mass is 10.1. The molecule has 0 radical (unpaired) electrons. The lowest BCUT2D eigenvalue weighted by Gasteiger charge is -2.18. The Balaban J connectivity index is 2.58. The number of nitrogens with one attached hydrogen (secondary N) is 1. The minimum absolute atomic E-state index is 0.277. The van der Waals surface area contributed by atoms with Crippen molar-refractivity contribution >= 4 is 11.6 Å². The first kappa shape index (κ1) is 14.8. The molecule has 98 valence electrons. The second-order valence-corrected chi connectivity index (χ2v) is 4.34. The normalized spacial score (nSPS) is 14.9. The minimum Gasteiger partial charge on any atom is -0.309 e. The fourth-order valence-electron chi connectivity index (χ4n) is 1.40. The Morgan fingerprint density at radius 3 is 2.33 bits per heavy atom. The third kappa shape index (κ3) is 4.21. The van der Waals surface area contributed by atoms with Crippen LogP contribution in [0, 0.1) is 17.2 Å². The van der Waals surface area contributed by atoms with Crippen LogP contribution in [-0.4, -0.2) is 12.7 Å².